The van der Waals surface area contributed by atoms with Crippen LogP contribution >= 0.6 is 0 Å². The van der Waals surface area contributed by atoms with Gasteiger partial charge in [-0.25, -0.2) is 14.8 Å². The third-order valence-corrected chi connectivity index (χ3v) is 5.81. The lowest BCUT2D eigenvalue weighted by atomic mass is 9.93. The Hall–Kier alpha value is -2.90. The average Bonchev–Trinajstić information content (AvgIpc) is 3.04. The normalized spacial score (nSPS) is 22.9. The van der Waals surface area contributed by atoms with Crippen molar-refractivity contribution in [1.29, 1.82) is 0 Å². The van der Waals surface area contributed by atoms with Crippen LogP contribution in [0.5, 0.6) is 0 Å². The van der Waals surface area contributed by atoms with E-state index in [1.54, 1.807) is 49.4 Å². The average molecular weight is 417 g/mol. The van der Waals surface area contributed by atoms with Gasteiger partial charge in [-0.2, -0.15) is 18.1 Å². The van der Waals surface area contributed by atoms with Crippen molar-refractivity contribution < 1.29 is 23.0 Å². The minimum Gasteiger partial charge on any atom is -0.312 e. The molecule has 8 heteroatoms. The lowest BCUT2D eigenvalue weighted by Gasteiger charge is -2.29. The Balaban J connectivity index is 1.85. The molecule has 2 N–H and O–H groups in total. The summed E-state index contributed by atoms with van der Waals surface area (Å²) in [5.41, 5.74) is -1.91. The highest BCUT2D eigenvalue weighted by molar-refractivity contribution is 6.11. The molecule has 1 fully saturated rings. The highest BCUT2D eigenvalue weighted by atomic mass is 19.4. The Bertz CT molecular complexity index is 954. The van der Waals surface area contributed by atoms with Crippen LogP contribution in [0.1, 0.15) is 43.2 Å². The summed E-state index contributed by atoms with van der Waals surface area (Å²) in [5, 5.41) is 2.42. The fourth-order valence-electron chi connectivity index (χ4n) is 4.21. The van der Waals surface area contributed by atoms with E-state index >= 15 is 0 Å². The molecule has 0 bridgehead atoms. The van der Waals surface area contributed by atoms with E-state index in [9.17, 15) is 18.0 Å². The van der Waals surface area contributed by atoms with Crippen molar-refractivity contribution >= 4 is 17.6 Å². The van der Waals surface area contributed by atoms with Crippen LogP contribution < -0.4 is 10.3 Å². The molecule has 2 aromatic rings. The zero-order chi connectivity index (χ0) is 21.4. The Morgan fingerprint density at radius 3 is 2.43 bits per heavy atom. The largest absolute Gasteiger partial charge is 0.465 e. The van der Waals surface area contributed by atoms with Crippen molar-refractivity contribution in [3.63, 3.8) is 0 Å². The second-order valence-corrected chi connectivity index (χ2v) is 7.85. The number of carbonyl (C=O) groups is 1. The summed E-state index contributed by atoms with van der Waals surface area (Å²) >= 11 is 0. The molecule has 1 aliphatic heterocycles. The van der Waals surface area contributed by atoms with E-state index in [2.05, 4.69) is 15.3 Å². The second kappa shape index (κ2) is 7.74. The molecule has 5 nitrogen and oxygen atoms in total. The summed E-state index contributed by atoms with van der Waals surface area (Å²) in [4.78, 5) is 21.4. The molecular formula is C22H24F3N4O+. The summed E-state index contributed by atoms with van der Waals surface area (Å²) in [6.07, 6.45) is 0.685. The Kier molecular flexibility index (Phi) is 5.26. The maximum atomic E-state index is 14.5. The van der Waals surface area contributed by atoms with Crippen LogP contribution in [0.15, 0.2) is 48.7 Å². The lowest BCUT2D eigenvalue weighted by molar-refractivity contribution is -0.566. The number of amidine groups is 1. The van der Waals surface area contributed by atoms with E-state index in [4.69, 9.17) is 0 Å². The van der Waals surface area contributed by atoms with Gasteiger partial charge in [0.15, 0.2) is 0 Å². The first kappa shape index (κ1) is 20.4. The second-order valence-electron chi connectivity index (χ2n) is 7.85. The number of aromatic nitrogens is 1. The summed E-state index contributed by atoms with van der Waals surface area (Å²) in [5.74, 6) is -0.828. The Morgan fingerprint density at radius 2 is 1.80 bits per heavy atom. The van der Waals surface area contributed by atoms with Gasteiger partial charge in [-0.05, 0) is 56.4 Å². The highest BCUT2D eigenvalue weighted by Crippen LogP contribution is 2.35. The topological polar surface area (TPSA) is 59.2 Å². The van der Waals surface area contributed by atoms with Crippen LogP contribution in [-0.2, 0) is 4.79 Å². The molecule has 1 aromatic heterocycles. The third-order valence-electron chi connectivity index (χ3n) is 5.81. The van der Waals surface area contributed by atoms with Crippen LogP contribution in [0.4, 0.5) is 19.0 Å². The molecule has 0 spiro atoms. The first-order valence-electron chi connectivity index (χ1n) is 10.1. The SMILES string of the molecule is Cc1cccnc1N[C@]1(C(F)(F)F)[NH+]=C(c2ccccc2)N(C2CCCCC2)C1=O. The fourth-order valence-corrected chi connectivity index (χ4v) is 4.21. The van der Waals surface area contributed by atoms with E-state index in [1.807, 2.05) is 0 Å². The lowest BCUT2D eigenvalue weighted by Crippen LogP contribution is -2.94. The molecule has 0 saturated heterocycles. The number of hydrogen-bond acceptors (Lipinski definition) is 3. The van der Waals surface area contributed by atoms with Gasteiger partial charge in [0.1, 0.15) is 11.9 Å². The number of nitrogens with zero attached hydrogens (tertiary/aromatic N) is 2. The maximum Gasteiger partial charge on any atom is 0.465 e. The molecule has 1 amide bonds. The van der Waals surface area contributed by atoms with E-state index in [-0.39, 0.29) is 17.7 Å². The molecular weight excluding hydrogens is 393 g/mol. The molecule has 2 aliphatic rings. The number of hydrogen-bond donors (Lipinski definition) is 2. The van der Waals surface area contributed by atoms with Gasteiger partial charge in [-0.15, -0.1) is 0 Å². The zero-order valence-electron chi connectivity index (χ0n) is 16.7. The minimum atomic E-state index is -4.89. The highest BCUT2D eigenvalue weighted by Gasteiger charge is 2.72. The number of rotatable bonds is 4. The number of anilines is 1. The van der Waals surface area contributed by atoms with E-state index in [1.165, 1.54) is 11.1 Å². The third kappa shape index (κ3) is 3.44. The van der Waals surface area contributed by atoms with Crippen LogP contribution in [0.2, 0.25) is 0 Å². The van der Waals surface area contributed by atoms with Crippen molar-refractivity contribution in [2.24, 2.45) is 0 Å². The van der Waals surface area contributed by atoms with Gasteiger partial charge in [0, 0.05) is 6.20 Å². The zero-order valence-corrected chi connectivity index (χ0v) is 16.7. The monoisotopic (exact) mass is 417 g/mol. The van der Waals surface area contributed by atoms with Crippen LogP contribution in [0.25, 0.3) is 0 Å². The van der Waals surface area contributed by atoms with Gasteiger partial charge < -0.3 is 5.32 Å². The standard InChI is InChI=1S/C22H23F3N4O/c1-15-9-8-14-26-18(15)27-21(22(23,24)25)20(30)29(17-12-6-3-7-13-17)19(28-21)16-10-4-2-5-11-16/h2,4-5,8-11,14,17H,3,6-7,12-13H2,1H3,(H,26,27)/p+1/t21-/m0/s1. The van der Waals surface area contributed by atoms with Gasteiger partial charge in [0.05, 0.1) is 5.56 Å². The summed E-state index contributed by atoms with van der Waals surface area (Å²) < 4.78 is 43.5. The van der Waals surface area contributed by atoms with Gasteiger partial charge in [-0.3, -0.25) is 0 Å². The van der Waals surface area contributed by atoms with Gasteiger partial charge >= 0.3 is 17.7 Å². The molecule has 0 radical (unpaired) electrons. The molecule has 1 atom stereocenters. The Morgan fingerprint density at radius 1 is 1.10 bits per heavy atom. The molecule has 4 rings (SSSR count). The number of amides is 1. The van der Waals surface area contributed by atoms with Gasteiger partial charge in [-0.1, -0.05) is 30.7 Å². The van der Waals surface area contributed by atoms with Crippen molar-refractivity contribution in [2.75, 3.05) is 5.32 Å². The number of aryl methyl sites for hydroxylation is 1. The smallest absolute Gasteiger partial charge is 0.312 e. The van der Waals surface area contributed by atoms with Gasteiger partial charge in [0.25, 0.3) is 5.84 Å². The Labute approximate surface area is 173 Å². The van der Waals surface area contributed by atoms with Crippen molar-refractivity contribution in [1.82, 2.24) is 9.88 Å². The molecule has 2 heterocycles. The first-order valence-corrected chi connectivity index (χ1v) is 10.1. The first-order chi connectivity index (χ1) is 14.3. The maximum absolute atomic E-state index is 14.5. The van der Waals surface area contributed by atoms with Crippen molar-refractivity contribution in [3.05, 3.63) is 59.8 Å². The van der Waals surface area contributed by atoms with Crippen LogP contribution in [-0.4, -0.2) is 39.5 Å². The predicted octanol–water partition coefficient (Wildman–Crippen LogP) is 2.76. The van der Waals surface area contributed by atoms with Crippen LogP contribution in [0, 0.1) is 6.92 Å². The van der Waals surface area contributed by atoms with E-state index < -0.39 is 17.7 Å². The quantitative estimate of drug-likeness (QED) is 0.805. The molecule has 30 heavy (non-hydrogen) atoms. The molecule has 0 unspecified atom stereocenters. The summed E-state index contributed by atoms with van der Waals surface area (Å²) in [6, 6.07) is 11.7. The van der Waals surface area contributed by atoms with Gasteiger partial charge in [0.2, 0.25) is 0 Å². The number of alkyl halides is 3. The van der Waals surface area contributed by atoms with E-state index in [0.29, 0.717) is 24.0 Å². The molecule has 1 aromatic carbocycles. The predicted molar refractivity (Wildman–Crippen MR) is 107 cm³/mol. The number of pyridine rings is 1. The number of carbonyl (C=O) groups excluding carboxylic acids is 1. The minimum absolute atomic E-state index is 0.0218. The molecule has 1 aliphatic carbocycles. The van der Waals surface area contributed by atoms with E-state index in [0.717, 1.165) is 19.3 Å². The van der Waals surface area contributed by atoms with Crippen molar-refractivity contribution in [3.8, 4) is 0 Å². The fraction of sp³-hybridized carbons (Fsp3) is 0.409. The number of benzene rings is 1. The molecule has 1 saturated carbocycles. The molecule has 158 valence electrons. The number of halogens is 3. The van der Waals surface area contributed by atoms with Crippen LogP contribution in [0.3, 0.4) is 0 Å². The van der Waals surface area contributed by atoms with Crippen molar-refractivity contribution in [2.45, 2.75) is 56.9 Å². The number of nitrogens with one attached hydrogen (secondary N) is 2. The summed E-state index contributed by atoms with van der Waals surface area (Å²) in [6.45, 7) is 1.65. The summed E-state index contributed by atoms with van der Waals surface area (Å²) in [7, 11) is 0.